The van der Waals surface area contributed by atoms with Crippen LogP contribution in [0.4, 0.5) is 5.82 Å². The lowest BCUT2D eigenvalue weighted by molar-refractivity contribution is -0.967. The highest BCUT2D eigenvalue weighted by atomic mass is 16.7. The van der Waals surface area contributed by atoms with Gasteiger partial charge in [0.2, 0.25) is 0 Å². The van der Waals surface area contributed by atoms with Crippen molar-refractivity contribution in [3.8, 4) is 0 Å². The summed E-state index contributed by atoms with van der Waals surface area (Å²) in [6.45, 7) is 5.06. The Hall–Kier alpha value is -2.44. The molecule has 4 rings (SSSR count). The van der Waals surface area contributed by atoms with E-state index >= 15 is 0 Å². The van der Waals surface area contributed by atoms with Gasteiger partial charge in [0.05, 0.1) is 23.2 Å². The van der Waals surface area contributed by atoms with E-state index in [4.69, 9.17) is 15.3 Å². The molecular weight excluding hydrogens is 304 g/mol. The van der Waals surface area contributed by atoms with Crippen molar-refractivity contribution < 1.29 is 14.2 Å². The Kier molecular flexibility index (Phi) is 3.51. The van der Waals surface area contributed by atoms with Crippen LogP contribution in [0.5, 0.6) is 0 Å². The lowest BCUT2D eigenvalue weighted by Gasteiger charge is -2.35. The number of hydroxylamine groups is 3. The van der Waals surface area contributed by atoms with Gasteiger partial charge in [0.25, 0.3) is 0 Å². The van der Waals surface area contributed by atoms with Crippen molar-refractivity contribution in [3.05, 3.63) is 51.9 Å². The van der Waals surface area contributed by atoms with Gasteiger partial charge in [-0.25, -0.2) is 0 Å². The SMILES string of the molecule is CCOC1=CC2=C(C=CCC2)C2=c3c(N)nncc3=C[N+]12OCC. The molecule has 0 fully saturated rings. The highest BCUT2D eigenvalue weighted by molar-refractivity contribution is 5.74. The molecule has 3 heterocycles. The number of hydrogen-bond donors (Lipinski definition) is 1. The van der Waals surface area contributed by atoms with Crippen LogP contribution in [-0.2, 0) is 9.57 Å². The first-order valence-corrected chi connectivity index (χ1v) is 8.34. The van der Waals surface area contributed by atoms with Crippen molar-refractivity contribution in [2.45, 2.75) is 26.7 Å². The maximum atomic E-state index is 6.22. The van der Waals surface area contributed by atoms with Crippen LogP contribution in [0.25, 0.3) is 11.9 Å². The van der Waals surface area contributed by atoms with Crippen LogP contribution in [0.2, 0.25) is 0 Å². The lowest BCUT2D eigenvalue weighted by Crippen LogP contribution is -2.43. The van der Waals surface area contributed by atoms with Crippen LogP contribution < -0.4 is 16.2 Å². The van der Waals surface area contributed by atoms with Crippen molar-refractivity contribution >= 4 is 17.7 Å². The minimum atomic E-state index is 0.0837. The fraction of sp³-hybridized carbons (Fsp3) is 0.333. The maximum absolute atomic E-state index is 6.22. The zero-order valence-corrected chi connectivity index (χ0v) is 14.0. The van der Waals surface area contributed by atoms with E-state index in [1.165, 1.54) is 5.57 Å². The number of anilines is 1. The van der Waals surface area contributed by atoms with E-state index in [1.54, 1.807) is 6.20 Å². The lowest BCUT2D eigenvalue weighted by atomic mass is 9.91. The highest BCUT2D eigenvalue weighted by Crippen LogP contribution is 2.44. The Morgan fingerprint density at radius 1 is 1.29 bits per heavy atom. The molecule has 124 valence electrons. The minimum Gasteiger partial charge on any atom is -0.449 e. The molecule has 1 aromatic rings. The van der Waals surface area contributed by atoms with Gasteiger partial charge in [-0.15, -0.1) is 5.10 Å². The molecule has 2 aliphatic heterocycles. The van der Waals surface area contributed by atoms with Crippen LogP contribution in [0.1, 0.15) is 26.7 Å². The number of nitrogen functional groups attached to an aromatic ring is 1. The quantitative estimate of drug-likeness (QED) is 0.843. The second-order valence-electron chi connectivity index (χ2n) is 5.91. The first kappa shape index (κ1) is 15.1. The summed E-state index contributed by atoms with van der Waals surface area (Å²) in [6.07, 6.45) is 12.2. The number of aromatic nitrogens is 2. The van der Waals surface area contributed by atoms with E-state index in [2.05, 4.69) is 28.4 Å². The fourth-order valence-electron chi connectivity index (χ4n) is 3.65. The molecular formula is C18H21N4O2+. The summed E-state index contributed by atoms with van der Waals surface area (Å²) in [7, 11) is 0. The molecule has 1 aliphatic carbocycles. The standard InChI is InChI=1S/C18H21N4O2/c1-3-23-15-9-12-7-5-6-8-14(12)17-16-13(10-20-21-18(16)19)11-22(15,17)24-4-2/h6,8-11H,3-5,7H2,1-2H3,(H2,19,21)/q+1. The molecule has 3 aliphatic rings. The van der Waals surface area contributed by atoms with Gasteiger partial charge in [0.1, 0.15) is 6.61 Å². The van der Waals surface area contributed by atoms with Crippen molar-refractivity contribution in [3.63, 3.8) is 0 Å². The number of fused-ring (bicyclic) bond motifs is 3. The number of quaternary nitrogens is 1. The van der Waals surface area contributed by atoms with E-state index < -0.39 is 0 Å². The summed E-state index contributed by atoms with van der Waals surface area (Å²) in [5, 5.41) is 9.87. The largest absolute Gasteiger partial charge is 0.449 e. The molecule has 0 radical (unpaired) electrons. The molecule has 1 unspecified atom stereocenters. The number of rotatable bonds is 4. The van der Waals surface area contributed by atoms with Gasteiger partial charge in [0.15, 0.2) is 17.7 Å². The monoisotopic (exact) mass is 325 g/mol. The highest BCUT2D eigenvalue weighted by Gasteiger charge is 2.49. The van der Waals surface area contributed by atoms with Gasteiger partial charge < -0.3 is 10.5 Å². The number of nitrogens with zero attached hydrogens (tertiary/aromatic N) is 3. The molecule has 0 saturated carbocycles. The summed E-state index contributed by atoms with van der Waals surface area (Å²) in [4.78, 5) is 6.22. The predicted molar refractivity (Wildman–Crippen MR) is 90.6 cm³/mol. The minimum absolute atomic E-state index is 0.0837. The van der Waals surface area contributed by atoms with E-state index in [0.717, 1.165) is 40.4 Å². The average Bonchev–Trinajstić information content (AvgIpc) is 2.92. The van der Waals surface area contributed by atoms with Crippen LogP contribution in [-0.4, -0.2) is 28.1 Å². The zero-order valence-electron chi connectivity index (χ0n) is 14.0. The van der Waals surface area contributed by atoms with Crippen molar-refractivity contribution in [2.24, 2.45) is 0 Å². The van der Waals surface area contributed by atoms with Gasteiger partial charge in [-0.05, 0) is 32.3 Å². The third-order valence-corrected chi connectivity index (χ3v) is 4.51. The number of nitrogens with two attached hydrogens (primary N) is 1. The molecule has 2 N–H and O–H groups in total. The van der Waals surface area contributed by atoms with Gasteiger partial charge >= 0.3 is 5.88 Å². The molecule has 6 heteroatoms. The topological polar surface area (TPSA) is 70.3 Å². The van der Waals surface area contributed by atoms with Gasteiger partial charge in [-0.1, -0.05) is 16.8 Å². The first-order valence-electron chi connectivity index (χ1n) is 8.34. The van der Waals surface area contributed by atoms with E-state index in [1.807, 2.05) is 20.0 Å². The molecule has 0 bridgehead atoms. The molecule has 0 saturated heterocycles. The first-order chi connectivity index (χ1) is 11.7. The summed E-state index contributed by atoms with van der Waals surface area (Å²) in [5.41, 5.74) is 9.57. The molecule has 6 nitrogen and oxygen atoms in total. The Balaban J connectivity index is 2.11. The van der Waals surface area contributed by atoms with Crippen molar-refractivity contribution in [2.75, 3.05) is 18.9 Å². The molecule has 24 heavy (non-hydrogen) atoms. The molecule has 0 amide bonds. The van der Waals surface area contributed by atoms with Gasteiger partial charge in [-0.2, -0.15) is 9.94 Å². The Labute approximate surface area is 140 Å². The summed E-state index contributed by atoms with van der Waals surface area (Å²) in [5.74, 6) is 1.18. The van der Waals surface area contributed by atoms with Gasteiger partial charge in [0, 0.05) is 11.6 Å². The number of ether oxygens (including phenoxy) is 1. The van der Waals surface area contributed by atoms with Crippen LogP contribution in [0, 0.1) is 0 Å². The summed E-state index contributed by atoms with van der Waals surface area (Å²) in [6, 6.07) is 0. The molecule has 1 atom stereocenters. The van der Waals surface area contributed by atoms with Crippen LogP contribution in [0.3, 0.4) is 0 Å². The van der Waals surface area contributed by atoms with E-state index in [9.17, 15) is 0 Å². The molecule has 0 aromatic carbocycles. The Morgan fingerprint density at radius 2 is 2.17 bits per heavy atom. The average molecular weight is 325 g/mol. The predicted octanol–water partition coefficient (Wildman–Crippen LogP) is 1.22. The number of allylic oxidation sites excluding steroid dienone is 3. The number of hydrogen-bond acceptors (Lipinski definition) is 5. The summed E-state index contributed by atoms with van der Waals surface area (Å²) >= 11 is 0. The van der Waals surface area contributed by atoms with Crippen LogP contribution >= 0.6 is 0 Å². The maximum Gasteiger partial charge on any atom is 0.335 e. The van der Waals surface area contributed by atoms with Gasteiger partial charge in [-0.3, -0.25) is 0 Å². The second kappa shape index (κ2) is 5.58. The fourth-order valence-corrected chi connectivity index (χ4v) is 3.65. The van der Waals surface area contributed by atoms with E-state index in [0.29, 0.717) is 19.0 Å². The van der Waals surface area contributed by atoms with Crippen LogP contribution in [0.15, 0.2) is 41.5 Å². The Morgan fingerprint density at radius 3 is 2.96 bits per heavy atom. The molecule has 1 aromatic heterocycles. The van der Waals surface area contributed by atoms with Crippen molar-refractivity contribution in [1.82, 2.24) is 10.2 Å². The normalized spacial score (nSPS) is 24.1. The Bertz CT molecular complexity index is 913. The smallest absolute Gasteiger partial charge is 0.335 e. The van der Waals surface area contributed by atoms with E-state index in [-0.39, 0.29) is 4.65 Å². The van der Waals surface area contributed by atoms with Crippen molar-refractivity contribution in [1.29, 1.82) is 0 Å². The third-order valence-electron chi connectivity index (χ3n) is 4.51. The second-order valence-corrected chi connectivity index (χ2v) is 5.91. The zero-order chi connectivity index (χ0) is 16.7. The molecule has 0 spiro atoms. The third kappa shape index (κ3) is 1.96. The summed E-state index contributed by atoms with van der Waals surface area (Å²) < 4.78 is 6.07.